The highest BCUT2D eigenvalue weighted by molar-refractivity contribution is 6.32. The number of hydrogen-bond donors (Lipinski definition) is 1. The Hall–Kier alpha value is -3.64. The summed E-state index contributed by atoms with van der Waals surface area (Å²) in [6.07, 6.45) is 0. The second-order valence-electron chi connectivity index (χ2n) is 6.21. The summed E-state index contributed by atoms with van der Waals surface area (Å²) in [6.45, 7) is 0. The number of benzene rings is 3. The van der Waals surface area contributed by atoms with Crippen molar-refractivity contribution in [1.82, 2.24) is 4.98 Å². The average Bonchev–Trinajstić information content (AvgIpc) is 2.74. The summed E-state index contributed by atoms with van der Waals surface area (Å²) in [5.74, 6) is 0.333. The highest BCUT2D eigenvalue weighted by atomic mass is 35.5. The molecule has 0 bridgehead atoms. The molecular weight excluding hydrogens is 392 g/mol. The Morgan fingerprint density at radius 1 is 1.07 bits per heavy atom. The molecule has 0 spiro atoms. The van der Waals surface area contributed by atoms with Crippen molar-refractivity contribution in [3.63, 3.8) is 0 Å². The highest BCUT2D eigenvalue weighted by Gasteiger charge is 2.12. The Kier molecular flexibility index (Phi) is 5.01. The third kappa shape index (κ3) is 3.83. The average molecular weight is 407 g/mol. The van der Waals surface area contributed by atoms with Gasteiger partial charge in [-0.05, 0) is 48.5 Å². The number of ether oxygens (including phenoxy) is 1. The largest absolute Gasteiger partial charge is 0.495 e. The zero-order chi connectivity index (χ0) is 20.4. The van der Waals surface area contributed by atoms with Gasteiger partial charge in [0.1, 0.15) is 5.75 Å². The molecule has 0 saturated heterocycles. The van der Waals surface area contributed by atoms with Gasteiger partial charge in [0.25, 0.3) is 5.91 Å². The summed E-state index contributed by atoms with van der Waals surface area (Å²) >= 11 is 6.09. The molecule has 0 aliphatic rings. The van der Waals surface area contributed by atoms with Gasteiger partial charge < -0.3 is 14.5 Å². The molecule has 0 aliphatic carbocycles. The number of hydrogen-bond acceptors (Lipinski definition) is 5. The van der Waals surface area contributed by atoms with Crippen LogP contribution in [0.15, 0.2) is 75.9 Å². The minimum Gasteiger partial charge on any atom is -0.495 e. The Bertz CT molecular complexity index is 1280. The number of amides is 1. The van der Waals surface area contributed by atoms with Gasteiger partial charge in [0.05, 0.1) is 23.0 Å². The Labute approximate surface area is 170 Å². The van der Waals surface area contributed by atoms with Crippen molar-refractivity contribution in [1.29, 1.82) is 0 Å². The molecule has 0 unspecified atom stereocenters. The van der Waals surface area contributed by atoms with Gasteiger partial charge >= 0.3 is 5.63 Å². The molecule has 0 aliphatic heterocycles. The molecule has 4 aromatic rings. The maximum absolute atomic E-state index is 12.5. The number of aromatic nitrogens is 1. The van der Waals surface area contributed by atoms with Crippen LogP contribution < -0.4 is 15.7 Å². The molecular formula is C22H15ClN2O4. The number of nitrogens with one attached hydrogen (secondary N) is 1. The molecule has 1 amide bonds. The quantitative estimate of drug-likeness (QED) is 0.528. The first-order chi connectivity index (χ1) is 14.0. The maximum atomic E-state index is 12.5. The summed E-state index contributed by atoms with van der Waals surface area (Å²) in [7, 11) is 1.51. The molecule has 7 heteroatoms. The first-order valence-electron chi connectivity index (χ1n) is 8.70. The molecule has 144 valence electrons. The lowest BCUT2D eigenvalue weighted by molar-refractivity contribution is 0.102. The summed E-state index contributed by atoms with van der Waals surface area (Å²) in [5, 5.41) is 3.56. The number of nitrogens with zero attached hydrogens (tertiary/aromatic N) is 1. The lowest BCUT2D eigenvalue weighted by Gasteiger charge is -2.09. The van der Waals surface area contributed by atoms with Crippen LogP contribution in [-0.4, -0.2) is 18.0 Å². The van der Waals surface area contributed by atoms with Crippen LogP contribution >= 0.6 is 11.6 Å². The van der Waals surface area contributed by atoms with E-state index in [-0.39, 0.29) is 11.8 Å². The molecule has 1 N–H and O–H groups in total. The summed E-state index contributed by atoms with van der Waals surface area (Å²) in [6, 6.07) is 18.6. The molecule has 1 aromatic heterocycles. The lowest BCUT2D eigenvalue weighted by Crippen LogP contribution is -2.12. The standard InChI is InChI=1S/C22H15ClN2O4/c1-28-19-10-9-13(12-17(19)23)20(26)24-15-6-4-5-14(11-15)21-25-18-8-3-2-7-16(18)22(27)29-21/h2-12H,1H3,(H,24,26). The van der Waals surface area contributed by atoms with E-state index in [2.05, 4.69) is 10.3 Å². The smallest absolute Gasteiger partial charge is 0.347 e. The third-order valence-electron chi connectivity index (χ3n) is 4.32. The van der Waals surface area contributed by atoms with Gasteiger partial charge in [0.2, 0.25) is 5.89 Å². The SMILES string of the molecule is COc1ccc(C(=O)Nc2cccc(-c3nc4ccccc4c(=O)o3)c2)cc1Cl. The second kappa shape index (κ2) is 7.77. The molecule has 4 rings (SSSR count). The van der Waals surface area contributed by atoms with Gasteiger partial charge in [0, 0.05) is 16.8 Å². The predicted octanol–water partition coefficient (Wildman–Crippen LogP) is 4.77. The molecule has 3 aromatic carbocycles. The van der Waals surface area contributed by atoms with Crippen molar-refractivity contribution in [2.45, 2.75) is 0 Å². The van der Waals surface area contributed by atoms with Crippen LogP contribution in [0.2, 0.25) is 5.02 Å². The topological polar surface area (TPSA) is 81.4 Å². The first kappa shape index (κ1) is 18.7. The van der Waals surface area contributed by atoms with Crippen molar-refractivity contribution < 1.29 is 13.9 Å². The zero-order valence-electron chi connectivity index (χ0n) is 15.3. The van der Waals surface area contributed by atoms with Gasteiger partial charge in [-0.3, -0.25) is 4.79 Å². The molecule has 0 fully saturated rings. The van der Waals surface area contributed by atoms with Gasteiger partial charge in [-0.15, -0.1) is 0 Å². The van der Waals surface area contributed by atoms with Gasteiger partial charge in [0.15, 0.2) is 0 Å². The van der Waals surface area contributed by atoms with Gasteiger partial charge in [-0.2, -0.15) is 0 Å². The highest BCUT2D eigenvalue weighted by Crippen LogP contribution is 2.26. The van der Waals surface area contributed by atoms with Crippen LogP contribution in [0.1, 0.15) is 10.4 Å². The van der Waals surface area contributed by atoms with Crippen molar-refractivity contribution in [3.8, 4) is 17.2 Å². The van der Waals surface area contributed by atoms with E-state index in [0.717, 1.165) is 0 Å². The minimum atomic E-state index is -0.465. The summed E-state index contributed by atoms with van der Waals surface area (Å²) in [5.41, 5.74) is 1.56. The van der Waals surface area contributed by atoms with Crippen LogP contribution in [0.3, 0.4) is 0 Å². The zero-order valence-corrected chi connectivity index (χ0v) is 16.1. The van der Waals surface area contributed by atoms with Gasteiger partial charge in [-0.25, -0.2) is 9.78 Å². The normalized spacial score (nSPS) is 10.7. The number of carbonyl (C=O) groups excluding carboxylic acids is 1. The van der Waals surface area contributed by atoms with Crippen LogP contribution in [0.4, 0.5) is 5.69 Å². The Morgan fingerprint density at radius 3 is 2.69 bits per heavy atom. The number of rotatable bonds is 4. The lowest BCUT2D eigenvalue weighted by atomic mass is 10.1. The van der Waals surface area contributed by atoms with Crippen molar-refractivity contribution in [2.24, 2.45) is 0 Å². The van der Waals surface area contributed by atoms with E-state index < -0.39 is 5.63 Å². The Balaban J connectivity index is 1.63. The van der Waals surface area contributed by atoms with Crippen molar-refractivity contribution in [2.75, 3.05) is 12.4 Å². The van der Waals surface area contributed by atoms with Crippen molar-refractivity contribution in [3.05, 3.63) is 87.7 Å². The number of anilines is 1. The maximum Gasteiger partial charge on any atom is 0.347 e. The second-order valence-corrected chi connectivity index (χ2v) is 6.62. The number of carbonyl (C=O) groups is 1. The minimum absolute atomic E-state index is 0.178. The van der Waals surface area contributed by atoms with Crippen LogP contribution in [0.25, 0.3) is 22.4 Å². The number of fused-ring (bicyclic) bond motifs is 1. The summed E-state index contributed by atoms with van der Waals surface area (Å²) in [4.78, 5) is 29.2. The van der Waals surface area contributed by atoms with E-state index in [1.165, 1.54) is 13.2 Å². The molecule has 6 nitrogen and oxygen atoms in total. The first-order valence-corrected chi connectivity index (χ1v) is 9.08. The van der Waals surface area contributed by atoms with E-state index in [1.807, 2.05) is 0 Å². The molecule has 1 heterocycles. The monoisotopic (exact) mass is 406 g/mol. The molecule has 29 heavy (non-hydrogen) atoms. The molecule has 0 radical (unpaired) electrons. The third-order valence-corrected chi connectivity index (χ3v) is 4.61. The fourth-order valence-electron chi connectivity index (χ4n) is 2.88. The number of halogens is 1. The van der Waals surface area contributed by atoms with E-state index >= 15 is 0 Å². The van der Waals surface area contributed by atoms with Crippen molar-refractivity contribution >= 4 is 34.1 Å². The fourth-order valence-corrected chi connectivity index (χ4v) is 3.14. The summed E-state index contributed by atoms with van der Waals surface area (Å²) < 4.78 is 10.4. The van der Waals surface area contributed by atoms with Gasteiger partial charge in [-0.1, -0.05) is 29.8 Å². The van der Waals surface area contributed by atoms with E-state index in [4.69, 9.17) is 20.8 Å². The van der Waals surface area contributed by atoms with Crippen LogP contribution in [-0.2, 0) is 0 Å². The predicted molar refractivity (Wildman–Crippen MR) is 112 cm³/mol. The van der Waals surface area contributed by atoms with E-state index in [1.54, 1.807) is 60.7 Å². The van der Waals surface area contributed by atoms with Crippen LogP contribution in [0.5, 0.6) is 5.75 Å². The number of para-hydroxylation sites is 1. The van der Waals surface area contributed by atoms with E-state index in [0.29, 0.717) is 38.5 Å². The Morgan fingerprint density at radius 2 is 1.90 bits per heavy atom. The fraction of sp³-hybridized carbons (Fsp3) is 0.0455. The van der Waals surface area contributed by atoms with Crippen LogP contribution in [0, 0.1) is 0 Å². The number of methoxy groups -OCH3 is 1. The van der Waals surface area contributed by atoms with E-state index in [9.17, 15) is 9.59 Å². The molecule has 0 saturated carbocycles. The molecule has 0 atom stereocenters.